The molecular formula is C12H13N3O2S. The molecule has 6 heteroatoms. The maximum atomic E-state index is 11.9. The minimum Gasteiger partial charge on any atom is -0.396 e. The van der Waals surface area contributed by atoms with Crippen molar-refractivity contribution in [1.29, 1.82) is 0 Å². The number of carbonyl (C=O) groups excluding carboxylic acids is 1. The zero-order valence-corrected chi connectivity index (χ0v) is 10.7. The maximum absolute atomic E-state index is 11.9. The third kappa shape index (κ3) is 2.91. The number of hydrogen-bond donors (Lipinski definition) is 2. The number of aliphatic hydroxyl groups is 1. The van der Waals surface area contributed by atoms with Crippen LogP contribution < -0.4 is 5.32 Å². The molecule has 0 fully saturated rings. The Morgan fingerprint density at radius 2 is 2.11 bits per heavy atom. The molecule has 1 aromatic heterocycles. The normalized spacial score (nSPS) is 10.3. The zero-order valence-electron chi connectivity index (χ0n) is 9.88. The molecule has 0 aliphatic rings. The predicted octanol–water partition coefficient (Wildman–Crippen LogP) is 1.63. The molecule has 0 aliphatic carbocycles. The minimum absolute atomic E-state index is 0.122. The van der Waals surface area contributed by atoms with E-state index < -0.39 is 0 Å². The standard InChI is InChI=1S/C12H13N3O2S/c1-8-11(18-15-14-8)12(17)13-10-4-2-9(3-5-10)6-7-16/h2-5,16H,6-7H2,1H3,(H,13,17). The highest BCUT2D eigenvalue weighted by Crippen LogP contribution is 2.14. The summed E-state index contributed by atoms with van der Waals surface area (Å²) in [5.41, 5.74) is 2.38. The maximum Gasteiger partial charge on any atom is 0.269 e. The fourth-order valence-electron chi connectivity index (χ4n) is 1.51. The first-order valence-electron chi connectivity index (χ1n) is 5.51. The van der Waals surface area contributed by atoms with Crippen LogP contribution in [0.1, 0.15) is 20.9 Å². The second kappa shape index (κ2) is 5.70. The third-order valence-corrected chi connectivity index (χ3v) is 3.30. The quantitative estimate of drug-likeness (QED) is 0.879. The molecule has 1 amide bonds. The number of aliphatic hydroxyl groups excluding tert-OH is 1. The van der Waals surface area contributed by atoms with Gasteiger partial charge in [-0.2, -0.15) is 0 Å². The summed E-state index contributed by atoms with van der Waals surface area (Å²) in [6.07, 6.45) is 0.617. The molecule has 0 radical (unpaired) electrons. The van der Waals surface area contributed by atoms with Crippen molar-refractivity contribution in [3.63, 3.8) is 0 Å². The Morgan fingerprint density at radius 1 is 1.39 bits per heavy atom. The number of hydrogen-bond acceptors (Lipinski definition) is 5. The molecule has 0 spiro atoms. The molecule has 0 unspecified atom stereocenters. The summed E-state index contributed by atoms with van der Waals surface area (Å²) in [5.74, 6) is -0.197. The van der Waals surface area contributed by atoms with Crippen molar-refractivity contribution in [1.82, 2.24) is 9.59 Å². The lowest BCUT2D eigenvalue weighted by molar-refractivity contribution is 0.103. The molecule has 94 valence electrons. The van der Waals surface area contributed by atoms with E-state index in [0.29, 0.717) is 17.0 Å². The molecule has 2 N–H and O–H groups in total. The van der Waals surface area contributed by atoms with Crippen molar-refractivity contribution < 1.29 is 9.90 Å². The number of aryl methyl sites for hydroxylation is 1. The summed E-state index contributed by atoms with van der Waals surface area (Å²) >= 11 is 1.08. The highest BCUT2D eigenvalue weighted by Gasteiger charge is 2.12. The Morgan fingerprint density at radius 3 is 2.67 bits per heavy atom. The van der Waals surface area contributed by atoms with E-state index in [4.69, 9.17) is 5.11 Å². The number of benzene rings is 1. The van der Waals surface area contributed by atoms with Crippen LogP contribution in [0.3, 0.4) is 0 Å². The van der Waals surface area contributed by atoms with Crippen molar-refractivity contribution >= 4 is 23.1 Å². The fraction of sp³-hybridized carbons (Fsp3) is 0.250. The van der Waals surface area contributed by atoms with Crippen molar-refractivity contribution in [3.8, 4) is 0 Å². The monoisotopic (exact) mass is 263 g/mol. The van der Waals surface area contributed by atoms with Gasteiger partial charge in [-0.05, 0) is 42.6 Å². The summed E-state index contributed by atoms with van der Waals surface area (Å²) in [5, 5.41) is 15.4. The number of nitrogens with one attached hydrogen (secondary N) is 1. The molecular weight excluding hydrogens is 250 g/mol. The van der Waals surface area contributed by atoms with Crippen LogP contribution >= 0.6 is 11.5 Å². The summed E-state index contributed by atoms with van der Waals surface area (Å²) in [6.45, 7) is 1.88. The van der Waals surface area contributed by atoms with Gasteiger partial charge in [0.2, 0.25) is 0 Å². The van der Waals surface area contributed by atoms with Crippen LogP contribution in [0.25, 0.3) is 0 Å². The zero-order chi connectivity index (χ0) is 13.0. The van der Waals surface area contributed by atoms with E-state index in [1.165, 1.54) is 0 Å². The van der Waals surface area contributed by atoms with Gasteiger partial charge in [-0.1, -0.05) is 16.6 Å². The van der Waals surface area contributed by atoms with Crippen LogP contribution in [0.5, 0.6) is 0 Å². The van der Waals surface area contributed by atoms with Crippen LogP contribution in [-0.2, 0) is 6.42 Å². The molecule has 0 aliphatic heterocycles. The Labute approximate surface area is 109 Å². The number of nitrogens with zero attached hydrogens (tertiary/aromatic N) is 2. The van der Waals surface area contributed by atoms with Crippen LogP contribution in [0.4, 0.5) is 5.69 Å². The van der Waals surface area contributed by atoms with Gasteiger partial charge in [0.1, 0.15) is 4.88 Å². The lowest BCUT2D eigenvalue weighted by Crippen LogP contribution is -2.11. The molecule has 0 bridgehead atoms. The lowest BCUT2D eigenvalue weighted by atomic mass is 10.1. The van der Waals surface area contributed by atoms with E-state index in [-0.39, 0.29) is 12.5 Å². The number of rotatable bonds is 4. The van der Waals surface area contributed by atoms with Gasteiger partial charge >= 0.3 is 0 Å². The molecule has 2 aromatic rings. The van der Waals surface area contributed by atoms with Crippen LogP contribution in [0.2, 0.25) is 0 Å². The molecule has 0 saturated carbocycles. The Balaban J connectivity index is 2.05. The molecule has 0 saturated heterocycles. The molecule has 1 heterocycles. The molecule has 18 heavy (non-hydrogen) atoms. The first kappa shape index (κ1) is 12.7. The van der Waals surface area contributed by atoms with Gasteiger partial charge < -0.3 is 10.4 Å². The number of aromatic nitrogens is 2. The average Bonchev–Trinajstić information content (AvgIpc) is 2.78. The summed E-state index contributed by atoms with van der Waals surface area (Å²) < 4.78 is 3.73. The first-order valence-corrected chi connectivity index (χ1v) is 6.28. The average molecular weight is 263 g/mol. The third-order valence-electron chi connectivity index (χ3n) is 2.47. The minimum atomic E-state index is -0.197. The van der Waals surface area contributed by atoms with Crippen molar-refractivity contribution in [2.24, 2.45) is 0 Å². The van der Waals surface area contributed by atoms with Crippen LogP contribution in [0.15, 0.2) is 24.3 Å². The first-order chi connectivity index (χ1) is 8.70. The van der Waals surface area contributed by atoms with Crippen LogP contribution in [-0.4, -0.2) is 27.2 Å². The van der Waals surface area contributed by atoms with Gasteiger partial charge in [0.05, 0.1) is 5.69 Å². The van der Waals surface area contributed by atoms with Gasteiger partial charge in [0.15, 0.2) is 0 Å². The highest BCUT2D eigenvalue weighted by atomic mass is 32.1. The summed E-state index contributed by atoms with van der Waals surface area (Å²) in [6, 6.07) is 7.38. The van der Waals surface area contributed by atoms with Crippen molar-refractivity contribution in [3.05, 3.63) is 40.4 Å². The topological polar surface area (TPSA) is 75.1 Å². The molecule has 2 rings (SSSR count). The second-order valence-electron chi connectivity index (χ2n) is 3.81. The number of anilines is 1. The molecule has 5 nitrogen and oxygen atoms in total. The van der Waals surface area contributed by atoms with Gasteiger partial charge in [-0.15, -0.1) is 5.10 Å². The van der Waals surface area contributed by atoms with E-state index >= 15 is 0 Å². The largest absolute Gasteiger partial charge is 0.396 e. The number of amides is 1. The van der Waals surface area contributed by atoms with Gasteiger partial charge in [0.25, 0.3) is 5.91 Å². The predicted molar refractivity (Wildman–Crippen MR) is 69.8 cm³/mol. The van der Waals surface area contributed by atoms with E-state index in [0.717, 1.165) is 22.8 Å². The Hall–Kier alpha value is -1.79. The lowest BCUT2D eigenvalue weighted by Gasteiger charge is -2.04. The number of carbonyl (C=O) groups is 1. The summed E-state index contributed by atoms with van der Waals surface area (Å²) in [7, 11) is 0. The highest BCUT2D eigenvalue weighted by molar-refractivity contribution is 7.08. The van der Waals surface area contributed by atoms with E-state index in [9.17, 15) is 4.79 Å². The second-order valence-corrected chi connectivity index (χ2v) is 4.57. The van der Waals surface area contributed by atoms with Gasteiger partial charge in [0, 0.05) is 12.3 Å². The van der Waals surface area contributed by atoms with Gasteiger partial charge in [-0.3, -0.25) is 4.79 Å². The van der Waals surface area contributed by atoms with E-state index in [2.05, 4.69) is 14.9 Å². The smallest absolute Gasteiger partial charge is 0.269 e. The summed E-state index contributed by atoms with van der Waals surface area (Å²) in [4.78, 5) is 12.4. The van der Waals surface area contributed by atoms with Gasteiger partial charge in [-0.25, -0.2) is 0 Å². The Kier molecular flexibility index (Phi) is 4.01. The van der Waals surface area contributed by atoms with Crippen molar-refractivity contribution in [2.45, 2.75) is 13.3 Å². The van der Waals surface area contributed by atoms with Crippen molar-refractivity contribution in [2.75, 3.05) is 11.9 Å². The Bertz CT molecular complexity index is 537. The van der Waals surface area contributed by atoms with Crippen LogP contribution in [0, 0.1) is 6.92 Å². The fourth-order valence-corrected chi connectivity index (χ4v) is 2.06. The van der Waals surface area contributed by atoms with E-state index in [1.54, 1.807) is 6.92 Å². The molecule has 1 aromatic carbocycles. The van der Waals surface area contributed by atoms with E-state index in [1.807, 2.05) is 24.3 Å². The molecule has 0 atom stereocenters. The SMILES string of the molecule is Cc1nnsc1C(=O)Nc1ccc(CCO)cc1.